The van der Waals surface area contributed by atoms with E-state index >= 15 is 0 Å². The molecule has 1 atom stereocenters. The third-order valence-electron chi connectivity index (χ3n) is 3.37. The number of piperidine rings is 1. The van der Waals surface area contributed by atoms with Gasteiger partial charge in [0.1, 0.15) is 0 Å². The molecule has 2 N–H and O–H groups in total. The Hall–Kier alpha value is -0.360. The van der Waals surface area contributed by atoms with Crippen LogP contribution in [0, 0.1) is 0 Å². The first-order chi connectivity index (χ1) is 9.16. The number of rotatable bonds is 5. The van der Waals surface area contributed by atoms with Gasteiger partial charge in [-0.3, -0.25) is 4.79 Å². The van der Waals surface area contributed by atoms with Crippen molar-refractivity contribution in [2.24, 2.45) is 0 Å². The number of carbonyl (C=O) groups excluding carboxylic acids is 1. The van der Waals surface area contributed by atoms with Crippen LogP contribution in [-0.2, 0) is 11.2 Å². The number of amides is 1. The average molecular weight is 354 g/mol. The molecule has 0 saturated carbocycles. The number of thiazole rings is 1. The number of hydrogen-bond acceptors (Lipinski definition) is 4. The Morgan fingerprint density at radius 3 is 2.81 bits per heavy atom. The second kappa shape index (κ2) is 10.4. The highest BCUT2D eigenvalue weighted by atomic mass is 35.5. The van der Waals surface area contributed by atoms with Gasteiger partial charge in [-0.05, 0) is 19.4 Å². The van der Waals surface area contributed by atoms with E-state index < -0.39 is 0 Å². The number of nitrogens with zero attached hydrogens (tertiary/aromatic N) is 1. The zero-order chi connectivity index (χ0) is 13.7. The van der Waals surface area contributed by atoms with Crippen LogP contribution in [0.5, 0.6) is 0 Å². The lowest BCUT2D eigenvalue weighted by molar-refractivity contribution is -0.123. The van der Waals surface area contributed by atoms with Crippen molar-refractivity contribution in [2.45, 2.75) is 51.5 Å². The molecule has 2 rings (SSSR count). The summed E-state index contributed by atoms with van der Waals surface area (Å²) in [6.45, 7) is 5.94. The molecule has 1 aliphatic rings. The molecule has 4 nitrogen and oxygen atoms in total. The van der Waals surface area contributed by atoms with Crippen LogP contribution < -0.4 is 10.6 Å². The second-order valence-corrected chi connectivity index (χ2v) is 6.26. The lowest BCUT2D eigenvalue weighted by atomic mass is 10.0. The maximum atomic E-state index is 11.9. The second-order valence-electron chi connectivity index (χ2n) is 5.38. The Morgan fingerprint density at radius 1 is 1.48 bits per heavy atom. The first-order valence-corrected chi connectivity index (χ1v) is 8.00. The zero-order valence-corrected chi connectivity index (χ0v) is 15.0. The van der Waals surface area contributed by atoms with Crippen LogP contribution in [-0.4, -0.2) is 30.0 Å². The predicted octanol–water partition coefficient (Wildman–Crippen LogP) is 2.91. The Bertz CT molecular complexity index is 420. The minimum Gasteiger partial charge on any atom is -0.354 e. The molecule has 1 aliphatic heterocycles. The fraction of sp³-hybridized carbons (Fsp3) is 0.714. The van der Waals surface area contributed by atoms with E-state index in [0.29, 0.717) is 12.5 Å². The standard InChI is InChI=1S/C14H23N3OS.2ClH/c1-10(2)14-17-11(9-19-14)6-8-16-13(18)12-5-3-4-7-15-12;;/h9-10,12,15H,3-8H2,1-2H3,(H,16,18);2*1H/t12-;;/m1../s1. The van der Waals surface area contributed by atoms with Crippen LogP contribution in [0.2, 0.25) is 0 Å². The van der Waals surface area contributed by atoms with Crippen molar-refractivity contribution in [3.63, 3.8) is 0 Å². The summed E-state index contributed by atoms with van der Waals surface area (Å²) in [4.78, 5) is 16.5. The van der Waals surface area contributed by atoms with Gasteiger partial charge in [0.15, 0.2) is 0 Å². The molecule has 2 heterocycles. The number of halogens is 2. The fourth-order valence-electron chi connectivity index (χ4n) is 2.22. The molecule has 0 spiro atoms. The molecule has 1 fully saturated rings. The highest BCUT2D eigenvalue weighted by molar-refractivity contribution is 7.09. The molecule has 21 heavy (non-hydrogen) atoms. The fourth-order valence-corrected chi connectivity index (χ4v) is 3.08. The Balaban J connectivity index is 0.00000200. The molecule has 122 valence electrons. The maximum absolute atomic E-state index is 11.9. The summed E-state index contributed by atoms with van der Waals surface area (Å²) in [7, 11) is 0. The molecule has 0 bridgehead atoms. The van der Waals surface area contributed by atoms with Gasteiger partial charge in [-0.25, -0.2) is 4.98 Å². The summed E-state index contributed by atoms with van der Waals surface area (Å²) < 4.78 is 0. The number of aromatic nitrogens is 1. The highest BCUT2D eigenvalue weighted by Gasteiger charge is 2.19. The average Bonchev–Trinajstić information content (AvgIpc) is 2.89. The number of hydrogen-bond donors (Lipinski definition) is 2. The highest BCUT2D eigenvalue weighted by Crippen LogP contribution is 2.19. The first kappa shape index (κ1) is 20.6. The molecule has 0 aromatic carbocycles. The van der Waals surface area contributed by atoms with E-state index in [0.717, 1.165) is 31.5 Å². The van der Waals surface area contributed by atoms with Crippen LogP contribution in [0.1, 0.15) is 49.7 Å². The lowest BCUT2D eigenvalue weighted by Crippen LogP contribution is -2.47. The molecule has 0 unspecified atom stereocenters. The van der Waals surface area contributed by atoms with E-state index in [1.807, 2.05) is 0 Å². The van der Waals surface area contributed by atoms with Crippen LogP contribution in [0.25, 0.3) is 0 Å². The van der Waals surface area contributed by atoms with Gasteiger partial charge in [0.25, 0.3) is 0 Å². The zero-order valence-electron chi connectivity index (χ0n) is 12.6. The van der Waals surface area contributed by atoms with E-state index in [-0.39, 0.29) is 36.8 Å². The smallest absolute Gasteiger partial charge is 0.237 e. The van der Waals surface area contributed by atoms with Gasteiger partial charge < -0.3 is 10.6 Å². The Labute approximate surface area is 143 Å². The topological polar surface area (TPSA) is 54.0 Å². The molecule has 7 heteroatoms. The van der Waals surface area contributed by atoms with Crippen molar-refractivity contribution in [1.82, 2.24) is 15.6 Å². The molecule has 0 radical (unpaired) electrons. The van der Waals surface area contributed by atoms with Gasteiger partial charge in [-0.2, -0.15) is 0 Å². The summed E-state index contributed by atoms with van der Waals surface area (Å²) in [5.74, 6) is 0.624. The van der Waals surface area contributed by atoms with Gasteiger partial charge in [-0.1, -0.05) is 20.3 Å². The van der Waals surface area contributed by atoms with Gasteiger partial charge in [0.2, 0.25) is 5.91 Å². The van der Waals surface area contributed by atoms with Crippen molar-refractivity contribution < 1.29 is 4.79 Å². The van der Waals surface area contributed by atoms with Crippen LogP contribution in [0.3, 0.4) is 0 Å². The third-order valence-corrected chi connectivity index (χ3v) is 4.56. The number of carbonyl (C=O) groups is 1. The van der Waals surface area contributed by atoms with E-state index in [9.17, 15) is 4.79 Å². The minimum atomic E-state index is 0. The monoisotopic (exact) mass is 353 g/mol. The summed E-state index contributed by atoms with van der Waals surface area (Å²) in [5, 5.41) is 9.54. The van der Waals surface area contributed by atoms with Crippen molar-refractivity contribution in [2.75, 3.05) is 13.1 Å². The first-order valence-electron chi connectivity index (χ1n) is 7.12. The normalized spacial score (nSPS) is 17.8. The van der Waals surface area contributed by atoms with Gasteiger partial charge in [0.05, 0.1) is 16.7 Å². The summed E-state index contributed by atoms with van der Waals surface area (Å²) in [5.41, 5.74) is 1.09. The number of nitrogens with one attached hydrogen (secondary N) is 2. The van der Waals surface area contributed by atoms with Crippen LogP contribution in [0.4, 0.5) is 0 Å². The van der Waals surface area contributed by atoms with Gasteiger partial charge >= 0.3 is 0 Å². The molecular formula is C14H25Cl2N3OS. The third kappa shape index (κ3) is 6.51. The molecule has 1 aromatic heterocycles. The van der Waals surface area contributed by atoms with Gasteiger partial charge in [0, 0.05) is 24.3 Å². The predicted molar refractivity (Wildman–Crippen MR) is 93.1 cm³/mol. The van der Waals surface area contributed by atoms with Crippen LogP contribution >= 0.6 is 36.2 Å². The minimum absolute atomic E-state index is 0. The maximum Gasteiger partial charge on any atom is 0.237 e. The molecule has 1 saturated heterocycles. The van der Waals surface area contributed by atoms with E-state index in [1.54, 1.807) is 11.3 Å². The molecule has 0 aliphatic carbocycles. The molecular weight excluding hydrogens is 329 g/mol. The van der Waals surface area contributed by atoms with Gasteiger partial charge in [-0.15, -0.1) is 36.2 Å². The van der Waals surface area contributed by atoms with E-state index in [4.69, 9.17) is 0 Å². The SMILES string of the molecule is CC(C)c1nc(CCNC(=O)[C@H]2CCCCN2)cs1.Cl.Cl. The van der Waals surface area contributed by atoms with E-state index in [1.165, 1.54) is 11.4 Å². The molecule has 1 amide bonds. The van der Waals surface area contributed by atoms with E-state index in [2.05, 4.69) is 34.8 Å². The van der Waals surface area contributed by atoms with Crippen LogP contribution in [0.15, 0.2) is 5.38 Å². The largest absolute Gasteiger partial charge is 0.354 e. The summed E-state index contributed by atoms with van der Waals surface area (Å²) >= 11 is 1.71. The Kier molecular flexibility index (Phi) is 10.2. The van der Waals surface area contributed by atoms with Crippen molar-refractivity contribution in [3.05, 3.63) is 16.1 Å². The van der Waals surface area contributed by atoms with Crippen molar-refractivity contribution in [1.29, 1.82) is 0 Å². The summed E-state index contributed by atoms with van der Waals surface area (Å²) in [6.07, 6.45) is 4.11. The van der Waals surface area contributed by atoms with Crippen molar-refractivity contribution in [3.8, 4) is 0 Å². The quantitative estimate of drug-likeness (QED) is 0.855. The Morgan fingerprint density at radius 2 is 2.24 bits per heavy atom. The summed E-state index contributed by atoms with van der Waals surface area (Å²) in [6, 6.07) is 0.00964. The molecule has 1 aromatic rings. The van der Waals surface area contributed by atoms with Crippen molar-refractivity contribution >= 4 is 42.1 Å². The lowest BCUT2D eigenvalue weighted by Gasteiger charge is -2.22.